The molecule has 0 aliphatic carbocycles. The third kappa shape index (κ3) is 3.85. The molecule has 1 aromatic carbocycles. The molecule has 0 aliphatic rings. The molecule has 2 nitrogen and oxygen atoms in total. The zero-order valence-electron chi connectivity index (χ0n) is 10.2. The number of benzene rings is 1. The molecule has 1 amide bonds. The number of halogens is 2. The smallest absolute Gasteiger partial charge is 0.225 e. The summed E-state index contributed by atoms with van der Waals surface area (Å²) >= 11 is 0. The number of hydrogen-bond donors (Lipinski definition) is 1. The molecule has 1 N–H and O–H groups in total. The first-order valence-electron chi connectivity index (χ1n) is 5.76. The second kappa shape index (κ2) is 6.75. The van der Waals surface area contributed by atoms with E-state index in [1.54, 1.807) is 0 Å². The first kappa shape index (κ1) is 14.2. The van der Waals surface area contributed by atoms with Gasteiger partial charge in [-0.25, -0.2) is 8.78 Å². The first-order valence-corrected chi connectivity index (χ1v) is 5.76. The Morgan fingerprint density at radius 1 is 1.44 bits per heavy atom. The molecule has 0 bridgehead atoms. The van der Waals surface area contributed by atoms with Gasteiger partial charge >= 0.3 is 0 Å². The quantitative estimate of drug-likeness (QED) is 0.800. The van der Waals surface area contributed by atoms with Crippen LogP contribution in [0, 0.1) is 24.0 Å². The van der Waals surface area contributed by atoms with Crippen LogP contribution in [0.2, 0.25) is 0 Å². The van der Waals surface area contributed by atoms with Crippen molar-refractivity contribution in [2.45, 2.75) is 32.2 Å². The van der Waals surface area contributed by atoms with Crippen molar-refractivity contribution in [2.24, 2.45) is 0 Å². The van der Waals surface area contributed by atoms with Crippen molar-refractivity contribution in [3.63, 3.8) is 0 Å². The van der Waals surface area contributed by atoms with Crippen LogP contribution in [0.25, 0.3) is 0 Å². The number of nitrogens with one attached hydrogen (secondary N) is 1. The van der Waals surface area contributed by atoms with Crippen molar-refractivity contribution in [3.8, 4) is 12.3 Å². The Balaban J connectivity index is 2.68. The summed E-state index contributed by atoms with van der Waals surface area (Å²) in [7, 11) is 0. The zero-order valence-corrected chi connectivity index (χ0v) is 10.2. The lowest BCUT2D eigenvalue weighted by molar-refractivity contribution is -0.120. The Hall–Kier alpha value is -1.89. The minimum Gasteiger partial charge on any atom is -0.342 e. The first-order chi connectivity index (χ1) is 8.58. The van der Waals surface area contributed by atoms with Crippen LogP contribution in [0.5, 0.6) is 0 Å². The van der Waals surface area contributed by atoms with Crippen molar-refractivity contribution in [2.75, 3.05) is 0 Å². The van der Waals surface area contributed by atoms with E-state index < -0.39 is 23.6 Å². The summed E-state index contributed by atoms with van der Waals surface area (Å²) < 4.78 is 26.6. The van der Waals surface area contributed by atoms with Gasteiger partial charge in [0.25, 0.3) is 0 Å². The third-order valence-corrected chi connectivity index (χ3v) is 2.51. The van der Waals surface area contributed by atoms with Crippen LogP contribution in [0.1, 0.15) is 25.3 Å². The molecule has 0 fully saturated rings. The average Bonchev–Trinajstić information content (AvgIpc) is 2.33. The van der Waals surface area contributed by atoms with Gasteiger partial charge in [-0.3, -0.25) is 4.79 Å². The molecule has 1 rings (SSSR count). The molecule has 0 aliphatic heterocycles. The number of amides is 1. The van der Waals surface area contributed by atoms with Gasteiger partial charge in [0, 0.05) is 5.56 Å². The monoisotopic (exact) mass is 251 g/mol. The minimum atomic E-state index is -0.724. The van der Waals surface area contributed by atoms with Crippen LogP contribution in [-0.4, -0.2) is 11.9 Å². The van der Waals surface area contributed by atoms with E-state index >= 15 is 0 Å². The highest BCUT2D eigenvalue weighted by molar-refractivity contribution is 5.79. The molecule has 0 saturated carbocycles. The molecular formula is C14H15F2NO. The molecule has 0 spiro atoms. The molecule has 0 aromatic heterocycles. The van der Waals surface area contributed by atoms with E-state index in [1.807, 2.05) is 6.92 Å². The van der Waals surface area contributed by atoms with E-state index in [4.69, 9.17) is 6.42 Å². The highest BCUT2D eigenvalue weighted by Gasteiger charge is 2.14. The van der Waals surface area contributed by atoms with Crippen molar-refractivity contribution in [1.82, 2.24) is 5.32 Å². The van der Waals surface area contributed by atoms with E-state index in [0.717, 1.165) is 18.6 Å². The maximum atomic E-state index is 13.3. The predicted octanol–water partition coefficient (Wildman–Crippen LogP) is 2.43. The highest BCUT2D eigenvalue weighted by Crippen LogP contribution is 2.12. The van der Waals surface area contributed by atoms with Crippen LogP contribution in [-0.2, 0) is 11.2 Å². The van der Waals surface area contributed by atoms with Crippen molar-refractivity contribution < 1.29 is 13.6 Å². The standard InChI is InChI=1S/C14H15F2NO/c1-3-6-10(4-2)17-14(18)9-11-12(15)7-5-8-13(11)16/h2,5,7-8,10H,3,6,9H2,1H3,(H,17,18). The lowest BCUT2D eigenvalue weighted by Crippen LogP contribution is -2.35. The van der Waals surface area contributed by atoms with Crippen molar-refractivity contribution in [3.05, 3.63) is 35.4 Å². The zero-order chi connectivity index (χ0) is 13.5. The Morgan fingerprint density at radius 3 is 2.56 bits per heavy atom. The van der Waals surface area contributed by atoms with Gasteiger partial charge in [-0.2, -0.15) is 0 Å². The van der Waals surface area contributed by atoms with Crippen LogP contribution < -0.4 is 5.32 Å². The van der Waals surface area contributed by atoms with Gasteiger partial charge in [-0.05, 0) is 18.6 Å². The van der Waals surface area contributed by atoms with Gasteiger partial charge < -0.3 is 5.32 Å². The predicted molar refractivity (Wildman–Crippen MR) is 65.7 cm³/mol. The fourth-order valence-corrected chi connectivity index (χ4v) is 1.59. The average molecular weight is 251 g/mol. The summed E-state index contributed by atoms with van der Waals surface area (Å²) in [6.45, 7) is 1.94. The maximum absolute atomic E-state index is 13.3. The normalized spacial score (nSPS) is 11.7. The molecule has 1 aromatic rings. The number of hydrogen-bond acceptors (Lipinski definition) is 1. The maximum Gasteiger partial charge on any atom is 0.225 e. The number of terminal acetylenes is 1. The Kier molecular flexibility index (Phi) is 5.31. The van der Waals surface area contributed by atoms with Gasteiger partial charge in [-0.1, -0.05) is 25.3 Å². The molecule has 1 atom stereocenters. The second-order valence-electron chi connectivity index (χ2n) is 3.95. The molecule has 0 saturated heterocycles. The SMILES string of the molecule is C#CC(CCC)NC(=O)Cc1c(F)cccc1F. The van der Waals surface area contributed by atoms with Gasteiger partial charge in [0.1, 0.15) is 11.6 Å². The minimum absolute atomic E-state index is 0.234. The number of rotatable bonds is 5. The Morgan fingerprint density at radius 2 is 2.06 bits per heavy atom. The highest BCUT2D eigenvalue weighted by atomic mass is 19.1. The number of carbonyl (C=O) groups excluding carboxylic acids is 1. The summed E-state index contributed by atoms with van der Waals surface area (Å²) in [6, 6.07) is 3.11. The Bertz CT molecular complexity index is 445. The molecule has 0 heterocycles. The van der Waals surface area contributed by atoms with Crippen LogP contribution in [0.3, 0.4) is 0 Å². The number of carbonyl (C=O) groups is 1. The lowest BCUT2D eigenvalue weighted by atomic mass is 10.1. The van der Waals surface area contributed by atoms with Gasteiger partial charge in [0.15, 0.2) is 0 Å². The second-order valence-corrected chi connectivity index (χ2v) is 3.95. The summed E-state index contributed by atoms with van der Waals surface area (Å²) in [6.07, 6.45) is 6.36. The lowest BCUT2D eigenvalue weighted by Gasteiger charge is -2.12. The van der Waals surface area contributed by atoms with E-state index in [9.17, 15) is 13.6 Å². The topological polar surface area (TPSA) is 29.1 Å². The Labute approximate surface area is 105 Å². The van der Waals surface area contributed by atoms with Crippen molar-refractivity contribution >= 4 is 5.91 Å². The summed E-state index contributed by atoms with van der Waals surface area (Å²) in [5.41, 5.74) is -0.234. The fraction of sp³-hybridized carbons (Fsp3) is 0.357. The van der Waals surface area contributed by atoms with E-state index in [0.29, 0.717) is 6.42 Å². The fourth-order valence-electron chi connectivity index (χ4n) is 1.59. The van der Waals surface area contributed by atoms with Crippen LogP contribution in [0.15, 0.2) is 18.2 Å². The summed E-state index contributed by atoms with van der Waals surface area (Å²) in [5, 5.41) is 2.56. The van der Waals surface area contributed by atoms with Crippen LogP contribution in [0.4, 0.5) is 8.78 Å². The molecular weight excluding hydrogens is 236 g/mol. The van der Waals surface area contributed by atoms with Gasteiger partial charge in [-0.15, -0.1) is 6.42 Å². The van der Waals surface area contributed by atoms with Gasteiger partial charge in [0.2, 0.25) is 5.91 Å². The van der Waals surface area contributed by atoms with Crippen LogP contribution >= 0.6 is 0 Å². The van der Waals surface area contributed by atoms with E-state index in [2.05, 4.69) is 11.2 Å². The summed E-state index contributed by atoms with van der Waals surface area (Å²) in [5.74, 6) is 0.505. The molecule has 0 radical (unpaired) electrons. The van der Waals surface area contributed by atoms with Crippen molar-refractivity contribution in [1.29, 1.82) is 0 Å². The van der Waals surface area contributed by atoms with E-state index in [1.165, 1.54) is 6.07 Å². The molecule has 18 heavy (non-hydrogen) atoms. The van der Waals surface area contributed by atoms with Gasteiger partial charge in [0.05, 0.1) is 12.5 Å². The largest absolute Gasteiger partial charge is 0.342 e. The van der Waals surface area contributed by atoms with E-state index in [-0.39, 0.29) is 12.0 Å². The summed E-state index contributed by atoms with van der Waals surface area (Å²) in [4.78, 5) is 11.6. The molecule has 4 heteroatoms. The molecule has 96 valence electrons. The molecule has 1 unspecified atom stereocenters. The third-order valence-electron chi connectivity index (χ3n) is 2.51.